The number of methoxy groups -OCH3 is 1. The van der Waals surface area contributed by atoms with E-state index in [1.807, 2.05) is 0 Å². The summed E-state index contributed by atoms with van der Waals surface area (Å²) in [4.78, 5) is 55.4. The predicted molar refractivity (Wildman–Crippen MR) is 143 cm³/mol. The Morgan fingerprint density at radius 3 is 2.51 bits per heavy atom. The van der Waals surface area contributed by atoms with E-state index in [2.05, 4.69) is 11.6 Å². The van der Waals surface area contributed by atoms with Crippen molar-refractivity contribution in [1.82, 2.24) is 4.98 Å². The van der Waals surface area contributed by atoms with Gasteiger partial charge in [-0.2, -0.15) is 0 Å². The first kappa shape index (κ1) is 27.2. The molecule has 11 nitrogen and oxygen atoms in total. The van der Waals surface area contributed by atoms with Crippen molar-refractivity contribution < 1.29 is 33.9 Å². The van der Waals surface area contributed by atoms with E-state index in [1.54, 1.807) is 32.0 Å². The van der Waals surface area contributed by atoms with Crippen molar-refractivity contribution >= 4 is 45.6 Å². The minimum Gasteiger partial charge on any atom is -0.507 e. The summed E-state index contributed by atoms with van der Waals surface area (Å²) in [5, 5.41) is 22.5. The number of anilines is 1. The number of hydrogen-bond acceptors (Lipinski definition) is 10. The third-order valence-corrected chi connectivity index (χ3v) is 7.18. The number of thiazole rings is 1. The Kier molecular flexibility index (Phi) is 7.58. The van der Waals surface area contributed by atoms with Gasteiger partial charge in [-0.1, -0.05) is 24.0 Å². The lowest BCUT2D eigenvalue weighted by molar-refractivity contribution is -0.384. The first-order valence-corrected chi connectivity index (χ1v) is 12.4. The smallest absolute Gasteiger partial charge is 0.350 e. The zero-order chi connectivity index (χ0) is 28.4. The van der Waals surface area contributed by atoms with Crippen LogP contribution >= 0.6 is 11.3 Å². The van der Waals surface area contributed by atoms with Crippen molar-refractivity contribution in [2.45, 2.75) is 19.9 Å². The SMILES string of the molecule is C=CCOC(=O)c1sc(N2C(=O)C(=O)/C(=C(/O)c3ccc(OC)c(C)c3)[C@H]2c2ccc([N+](=O)[O-])cc2)nc1C. The zero-order valence-electron chi connectivity index (χ0n) is 21.2. The van der Waals surface area contributed by atoms with Crippen LogP contribution in [0, 0.1) is 24.0 Å². The maximum Gasteiger partial charge on any atom is 0.350 e. The third-order valence-electron chi connectivity index (χ3n) is 6.04. The number of ketones is 1. The van der Waals surface area contributed by atoms with Gasteiger partial charge >= 0.3 is 11.9 Å². The molecular weight excluding hydrogens is 526 g/mol. The Hall–Kier alpha value is -4.84. The van der Waals surface area contributed by atoms with Crippen molar-refractivity contribution in [3.05, 3.63) is 98.1 Å². The van der Waals surface area contributed by atoms with E-state index in [0.29, 0.717) is 16.9 Å². The summed E-state index contributed by atoms with van der Waals surface area (Å²) >= 11 is 0.848. The Balaban J connectivity index is 1.90. The summed E-state index contributed by atoms with van der Waals surface area (Å²) in [5.74, 6) is -2.51. The molecule has 0 aliphatic carbocycles. The average Bonchev–Trinajstić information content (AvgIpc) is 3.43. The molecule has 12 heteroatoms. The number of hydrogen-bond donors (Lipinski definition) is 1. The largest absolute Gasteiger partial charge is 0.507 e. The van der Waals surface area contributed by atoms with E-state index in [1.165, 1.54) is 37.5 Å². The first-order chi connectivity index (χ1) is 18.6. The van der Waals surface area contributed by atoms with Crippen molar-refractivity contribution in [3.8, 4) is 5.75 Å². The summed E-state index contributed by atoms with van der Waals surface area (Å²) in [6.45, 7) is 6.79. The Morgan fingerprint density at radius 1 is 1.23 bits per heavy atom. The van der Waals surface area contributed by atoms with Crippen LogP contribution in [-0.4, -0.2) is 46.4 Å². The highest BCUT2D eigenvalue weighted by Crippen LogP contribution is 2.44. The molecule has 0 spiro atoms. The molecule has 1 atom stereocenters. The third kappa shape index (κ3) is 5.01. The number of nitro benzene ring substituents is 1. The van der Waals surface area contributed by atoms with Gasteiger partial charge in [0, 0.05) is 17.7 Å². The van der Waals surface area contributed by atoms with E-state index in [9.17, 15) is 29.6 Å². The number of carbonyl (C=O) groups excluding carboxylic acids is 3. The van der Waals surface area contributed by atoms with Crippen LogP contribution in [0.4, 0.5) is 10.8 Å². The quantitative estimate of drug-likeness (QED) is 0.0806. The van der Waals surface area contributed by atoms with Gasteiger partial charge in [-0.25, -0.2) is 9.78 Å². The summed E-state index contributed by atoms with van der Waals surface area (Å²) in [7, 11) is 1.50. The number of carbonyl (C=O) groups is 3. The van der Waals surface area contributed by atoms with Gasteiger partial charge < -0.3 is 14.6 Å². The van der Waals surface area contributed by atoms with Crippen LogP contribution in [0.3, 0.4) is 0 Å². The number of amides is 1. The normalized spacial score (nSPS) is 16.3. The van der Waals surface area contributed by atoms with Crippen LogP contribution in [0.2, 0.25) is 0 Å². The zero-order valence-corrected chi connectivity index (χ0v) is 22.0. The number of aromatic nitrogens is 1. The second-order valence-corrected chi connectivity index (χ2v) is 9.48. The van der Waals surface area contributed by atoms with Crippen LogP contribution < -0.4 is 9.64 Å². The number of aliphatic hydroxyl groups excluding tert-OH is 1. The minimum atomic E-state index is -1.18. The topological polar surface area (TPSA) is 149 Å². The molecule has 1 aliphatic rings. The fraction of sp³-hybridized carbons (Fsp3) is 0.185. The summed E-state index contributed by atoms with van der Waals surface area (Å²) in [6, 6.07) is 8.85. The molecule has 1 N–H and O–H groups in total. The first-order valence-electron chi connectivity index (χ1n) is 11.5. The number of ether oxygens (including phenoxy) is 2. The number of nitrogens with zero attached hydrogens (tertiary/aromatic N) is 3. The second-order valence-electron chi connectivity index (χ2n) is 8.50. The Morgan fingerprint density at radius 2 is 1.92 bits per heavy atom. The van der Waals surface area contributed by atoms with Gasteiger partial charge in [0.2, 0.25) is 0 Å². The molecule has 1 fully saturated rings. The maximum absolute atomic E-state index is 13.4. The average molecular weight is 550 g/mol. The van der Waals surface area contributed by atoms with Gasteiger partial charge in [0.1, 0.15) is 23.0 Å². The lowest BCUT2D eigenvalue weighted by atomic mass is 9.94. The van der Waals surface area contributed by atoms with E-state index < -0.39 is 34.4 Å². The molecule has 0 bridgehead atoms. The molecule has 3 aromatic rings. The molecule has 0 saturated carbocycles. The van der Waals surface area contributed by atoms with Gasteiger partial charge in [-0.15, -0.1) is 0 Å². The molecule has 1 amide bonds. The van der Waals surface area contributed by atoms with Crippen LogP contribution in [0.15, 0.2) is 60.7 Å². The Labute approximate surface area is 226 Å². The molecule has 4 rings (SSSR count). The van der Waals surface area contributed by atoms with Crippen molar-refractivity contribution in [3.63, 3.8) is 0 Å². The molecular formula is C27H23N3O8S. The van der Waals surface area contributed by atoms with Crippen molar-refractivity contribution in [2.24, 2.45) is 0 Å². The molecule has 39 heavy (non-hydrogen) atoms. The van der Waals surface area contributed by atoms with Crippen LogP contribution in [0.5, 0.6) is 5.75 Å². The van der Waals surface area contributed by atoms with E-state index >= 15 is 0 Å². The van der Waals surface area contributed by atoms with Gasteiger partial charge in [0.25, 0.3) is 11.5 Å². The number of rotatable bonds is 8. The van der Waals surface area contributed by atoms with E-state index in [0.717, 1.165) is 16.2 Å². The van der Waals surface area contributed by atoms with Crippen LogP contribution in [-0.2, 0) is 14.3 Å². The number of nitro groups is 1. The molecule has 1 saturated heterocycles. The highest BCUT2D eigenvalue weighted by atomic mass is 32.1. The molecule has 2 heterocycles. The van der Waals surface area contributed by atoms with E-state index in [4.69, 9.17) is 9.47 Å². The van der Waals surface area contributed by atoms with Crippen LogP contribution in [0.25, 0.3) is 5.76 Å². The molecule has 1 aliphatic heterocycles. The number of aryl methyl sites for hydroxylation is 2. The number of benzene rings is 2. The van der Waals surface area contributed by atoms with Crippen molar-refractivity contribution in [2.75, 3.05) is 18.6 Å². The van der Waals surface area contributed by atoms with Gasteiger partial charge in [0.05, 0.1) is 29.3 Å². The second kappa shape index (κ2) is 10.9. The molecule has 200 valence electrons. The molecule has 1 aromatic heterocycles. The Bertz CT molecular complexity index is 1540. The summed E-state index contributed by atoms with van der Waals surface area (Å²) < 4.78 is 10.4. The highest BCUT2D eigenvalue weighted by Gasteiger charge is 2.48. The fourth-order valence-corrected chi connectivity index (χ4v) is 5.17. The number of Topliss-reactive ketones (excluding diaryl/α,β-unsaturated/α-hetero) is 1. The number of esters is 1. The molecule has 0 radical (unpaired) electrons. The minimum absolute atomic E-state index is 0.0217. The molecule has 2 aromatic carbocycles. The lowest BCUT2D eigenvalue weighted by Crippen LogP contribution is -2.29. The summed E-state index contributed by atoms with van der Waals surface area (Å²) in [5.41, 5.74) is 1.11. The van der Waals surface area contributed by atoms with Crippen molar-refractivity contribution in [1.29, 1.82) is 0 Å². The van der Waals surface area contributed by atoms with Gasteiger partial charge in [-0.3, -0.25) is 24.6 Å². The highest BCUT2D eigenvalue weighted by molar-refractivity contribution is 7.17. The van der Waals surface area contributed by atoms with Gasteiger partial charge in [-0.05, 0) is 55.3 Å². The standard InChI is InChI=1S/C27H23N3O8S/c1-5-12-38-26(34)24-15(3)28-27(39-24)29-21(16-6-9-18(10-7-16)30(35)36)20(23(32)25(29)33)22(31)17-8-11-19(37-4)14(2)13-17/h5-11,13,21,31H,1,12H2,2-4H3/b22-20+/t21-/m1/s1. The summed E-state index contributed by atoms with van der Waals surface area (Å²) in [6.07, 6.45) is 1.41. The van der Waals surface area contributed by atoms with Gasteiger partial charge in [0.15, 0.2) is 5.13 Å². The monoisotopic (exact) mass is 549 g/mol. The lowest BCUT2D eigenvalue weighted by Gasteiger charge is -2.23. The number of non-ortho nitro benzene ring substituents is 1. The fourth-order valence-electron chi connectivity index (χ4n) is 4.18. The maximum atomic E-state index is 13.4. The number of aliphatic hydroxyl groups is 1. The predicted octanol–water partition coefficient (Wildman–Crippen LogP) is 4.65. The van der Waals surface area contributed by atoms with E-state index in [-0.39, 0.29) is 39.1 Å². The molecule has 0 unspecified atom stereocenters. The van der Waals surface area contributed by atoms with Crippen LogP contribution in [0.1, 0.15) is 38.1 Å².